The molecule has 0 atom stereocenters. The van der Waals surface area contributed by atoms with Gasteiger partial charge in [-0.2, -0.15) is 0 Å². The molecule has 27 heavy (non-hydrogen) atoms. The summed E-state index contributed by atoms with van der Waals surface area (Å²) in [6.45, 7) is 0. The molecule has 0 aliphatic rings. The predicted octanol–water partition coefficient (Wildman–Crippen LogP) is 3.62. The lowest BCUT2D eigenvalue weighted by Crippen LogP contribution is -2.13. The van der Waals surface area contributed by atoms with E-state index in [2.05, 4.69) is 15.5 Å². The molecule has 3 rings (SSSR count). The number of hydrogen-bond donors (Lipinski definition) is 1. The maximum Gasteiger partial charge on any atom is 0.277 e. The zero-order valence-electron chi connectivity index (χ0n) is 14.6. The molecule has 1 N–H and O–H groups in total. The lowest BCUT2D eigenvalue weighted by molar-refractivity contribution is -0.113. The van der Waals surface area contributed by atoms with Crippen LogP contribution in [0.1, 0.15) is 0 Å². The molecule has 140 valence electrons. The van der Waals surface area contributed by atoms with Crippen molar-refractivity contribution in [1.29, 1.82) is 0 Å². The average Bonchev–Trinajstić information content (AvgIpc) is 3.17. The van der Waals surface area contributed by atoms with Crippen LogP contribution in [0.25, 0.3) is 11.5 Å². The first kappa shape index (κ1) is 18.7. The van der Waals surface area contributed by atoms with E-state index in [0.717, 1.165) is 11.8 Å². The van der Waals surface area contributed by atoms with Gasteiger partial charge in [-0.15, -0.1) is 10.2 Å². The Morgan fingerprint density at radius 2 is 1.78 bits per heavy atom. The summed E-state index contributed by atoms with van der Waals surface area (Å²) in [5, 5.41) is 10.8. The number of halogens is 1. The highest BCUT2D eigenvalue weighted by Crippen LogP contribution is 2.30. The minimum Gasteiger partial charge on any atom is -0.497 e. The molecule has 0 fully saturated rings. The van der Waals surface area contributed by atoms with Crippen molar-refractivity contribution in [2.45, 2.75) is 5.22 Å². The van der Waals surface area contributed by atoms with E-state index in [4.69, 9.17) is 13.9 Å². The van der Waals surface area contributed by atoms with Crippen molar-refractivity contribution in [2.75, 3.05) is 25.3 Å². The number of aromatic nitrogens is 2. The summed E-state index contributed by atoms with van der Waals surface area (Å²) in [6, 6.07) is 10.7. The van der Waals surface area contributed by atoms with Crippen molar-refractivity contribution in [3.8, 4) is 23.0 Å². The number of thioether (sulfide) groups is 1. The third-order valence-corrected chi connectivity index (χ3v) is 4.28. The number of amides is 1. The number of ether oxygens (including phenoxy) is 2. The summed E-state index contributed by atoms with van der Waals surface area (Å²) in [7, 11) is 3.10. The fraction of sp³-hybridized carbons (Fsp3) is 0.167. The Bertz CT molecular complexity index is 908. The highest BCUT2D eigenvalue weighted by atomic mass is 32.2. The Hall–Kier alpha value is -3.07. The van der Waals surface area contributed by atoms with Crippen LogP contribution in [-0.4, -0.2) is 36.1 Å². The zero-order chi connectivity index (χ0) is 19.2. The molecule has 1 heterocycles. The molecule has 7 nitrogen and oxygen atoms in total. The normalized spacial score (nSPS) is 10.5. The molecule has 1 amide bonds. The number of carbonyl (C=O) groups is 1. The van der Waals surface area contributed by atoms with Crippen LogP contribution in [0.5, 0.6) is 11.5 Å². The van der Waals surface area contributed by atoms with Gasteiger partial charge in [-0.25, -0.2) is 4.39 Å². The van der Waals surface area contributed by atoms with Crippen molar-refractivity contribution in [2.24, 2.45) is 0 Å². The number of rotatable bonds is 7. The van der Waals surface area contributed by atoms with Crippen LogP contribution >= 0.6 is 11.8 Å². The molecule has 0 unspecified atom stereocenters. The van der Waals surface area contributed by atoms with Gasteiger partial charge >= 0.3 is 0 Å². The van der Waals surface area contributed by atoms with Crippen LogP contribution in [0.3, 0.4) is 0 Å². The van der Waals surface area contributed by atoms with E-state index in [1.54, 1.807) is 32.4 Å². The first-order valence-electron chi connectivity index (χ1n) is 7.82. The quantitative estimate of drug-likeness (QED) is 0.618. The number of nitrogens with one attached hydrogen (secondary N) is 1. The molecule has 0 saturated carbocycles. The minimum absolute atomic E-state index is 0.0699. The van der Waals surface area contributed by atoms with E-state index in [1.807, 2.05) is 0 Å². The summed E-state index contributed by atoms with van der Waals surface area (Å²) in [5.74, 6) is 0.907. The number of methoxy groups -OCH3 is 2. The number of hydrogen-bond acceptors (Lipinski definition) is 7. The van der Waals surface area contributed by atoms with E-state index in [0.29, 0.717) is 22.7 Å². The molecule has 2 aromatic carbocycles. The van der Waals surface area contributed by atoms with Gasteiger partial charge in [0.05, 0.1) is 20.0 Å². The second-order valence-electron chi connectivity index (χ2n) is 5.32. The standard InChI is InChI=1S/C18H16FN3O4S/c1-24-14-7-11(8-15(9-14)25-2)17-21-22-18(26-17)27-10-16(23)20-13-5-3-12(19)4-6-13/h3-9H,10H2,1-2H3,(H,20,23). The van der Waals surface area contributed by atoms with Crippen LogP contribution < -0.4 is 14.8 Å². The van der Waals surface area contributed by atoms with Crippen LogP contribution in [0, 0.1) is 5.82 Å². The van der Waals surface area contributed by atoms with E-state index >= 15 is 0 Å². The van der Waals surface area contributed by atoms with Gasteiger partial charge in [0.15, 0.2) is 0 Å². The molecule has 0 saturated heterocycles. The summed E-state index contributed by atoms with van der Waals surface area (Å²) in [5.41, 5.74) is 1.15. The third-order valence-electron chi connectivity index (χ3n) is 3.46. The molecular weight excluding hydrogens is 373 g/mol. The van der Waals surface area contributed by atoms with E-state index in [-0.39, 0.29) is 28.6 Å². The molecule has 3 aromatic rings. The Morgan fingerprint density at radius 3 is 2.41 bits per heavy atom. The van der Waals surface area contributed by atoms with E-state index < -0.39 is 0 Å². The van der Waals surface area contributed by atoms with Gasteiger partial charge in [0.2, 0.25) is 11.8 Å². The lowest BCUT2D eigenvalue weighted by Gasteiger charge is -2.05. The second-order valence-corrected chi connectivity index (χ2v) is 6.24. The predicted molar refractivity (Wildman–Crippen MR) is 98.6 cm³/mol. The third kappa shape index (κ3) is 4.98. The molecule has 9 heteroatoms. The molecule has 0 aliphatic heterocycles. The van der Waals surface area contributed by atoms with Gasteiger partial charge in [0, 0.05) is 17.3 Å². The number of benzene rings is 2. The Kier molecular flexibility index (Phi) is 5.92. The van der Waals surface area contributed by atoms with Crippen molar-refractivity contribution in [3.05, 3.63) is 48.3 Å². The Balaban J connectivity index is 1.62. The Morgan fingerprint density at radius 1 is 1.11 bits per heavy atom. The molecular formula is C18H16FN3O4S. The SMILES string of the molecule is COc1cc(OC)cc(-c2nnc(SCC(=O)Nc3ccc(F)cc3)o2)c1. The number of anilines is 1. The van der Waals surface area contributed by atoms with Crippen molar-refractivity contribution < 1.29 is 23.1 Å². The smallest absolute Gasteiger partial charge is 0.277 e. The largest absolute Gasteiger partial charge is 0.497 e. The molecule has 0 bridgehead atoms. The number of nitrogens with zero attached hydrogens (tertiary/aromatic N) is 2. The van der Waals surface area contributed by atoms with Gasteiger partial charge in [-0.3, -0.25) is 4.79 Å². The molecule has 1 aromatic heterocycles. The summed E-state index contributed by atoms with van der Waals surface area (Å²) < 4.78 is 28.9. The summed E-state index contributed by atoms with van der Waals surface area (Å²) in [4.78, 5) is 12.0. The van der Waals surface area contributed by atoms with Crippen LogP contribution in [0.4, 0.5) is 10.1 Å². The van der Waals surface area contributed by atoms with E-state index in [9.17, 15) is 9.18 Å². The zero-order valence-corrected chi connectivity index (χ0v) is 15.4. The fourth-order valence-electron chi connectivity index (χ4n) is 2.17. The summed E-state index contributed by atoms with van der Waals surface area (Å²) in [6.07, 6.45) is 0. The van der Waals surface area contributed by atoms with Crippen molar-refractivity contribution in [3.63, 3.8) is 0 Å². The first-order valence-corrected chi connectivity index (χ1v) is 8.81. The lowest BCUT2D eigenvalue weighted by atomic mass is 10.2. The summed E-state index contributed by atoms with van der Waals surface area (Å²) >= 11 is 1.10. The van der Waals surface area contributed by atoms with Gasteiger partial charge in [0.1, 0.15) is 17.3 Å². The van der Waals surface area contributed by atoms with Crippen molar-refractivity contribution in [1.82, 2.24) is 10.2 Å². The van der Waals surface area contributed by atoms with Crippen LogP contribution in [0.2, 0.25) is 0 Å². The van der Waals surface area contributed by atoms with Gasteiger partial charge in [0.25, 0.3) is 5.22 Å². The van der Waals surface area contributed by atoms with Crippen molar-refractivity contribution >= 4 is 23.4 Å². The van der Waals surface area contributed by atoms with Crippen LogP contribution in [-0.2, 0) is 4.79 Å². The highest BCUT2D eigenvalue weighted by Gasteiger charge is 2.13. The minimum atomic E-state index is -0.366. The molecule has 0 spiro atoms. The maximum atomic E-state index is 12.9. The highest BCUT2D eigenvalue weighted by molar-refractivity contribution is 7.99. The monoisotopic (exact) mass is 389 g/mol. The van der Waals surface area contributed by atoms with Gasteiger partial charge in [-0.05, 0) is 36.4 Å². The van der Waals surface area contributed by atoms with Crippen LogP contribution in [0.15, 0.2) is 52.1 Å². The van der Waals surface area contributed by atoms with Gasteiger partial charge in [-0.1, -0.05) is 11.8 Å². The van der Waals surface area contributed by atoms with E-state index in [1.165, 1.54) is 24.3 Å². The molecule has 0 aliphatic carbocycles. The fourth-order valence-corrected chi connectivity index (χ4v) is 2.74. The topological polar surface area (TPSA) is 86.5 Å². The average molecular weight is 389 g/mol. The van der Waals surface area contributed by atoms with Gasteiger partial charge < -0.3 is 19.2 Å². The first-order chi connectivity index (χ1) is 13.1. The number of carbonyl (C=O) groups excluding carboxylic acids is 1. The second kappa shape index (κ2) is 8.54. The molecule has 0 radical (unpaired) electrons. The Labute approximate surface area is 158 Å². The maximum absolute atomic E-state index is 12.9.